The van der Waals surface area contributed by atoms with Crippen LogP contribution in [0.5, 0.6) is 0 Å². The maximum atomic E-state index is 13.0. The lowest BCUT2D eigenvalue weighted by Gasteiger charge is -2.17. The Morgan fingerprint density at radius 3 is 2.88 bits per heavy atom. The van der Waals surface area contributed by atoms with E-state index < -0.39 is 0 Å². The van der Waals surface area contributed by atoms with Gasteiger partial charge in [-0.3, -0.25) is 0 Å². The van der Waals surface area contributed by atoms with Crippen LogP contribution in [0.2, 0.25) is 0 Å². The number of anilines is 1. The van der Waals surface area contributed by atoms with Crippen molar-refractivity contribution in [3.63, 3.8) is 0 Å². The number of nitrogens with one attached hydrogen (secondary N) is 1. The van der Waals surface area contributed by atoms with Gasteiger partial charge in [-0.2, -0.15) is 0 Å². The van der Waals surface area contributed by atoms with Gasteiger partial charge in [-0.25, -0.2) is 14.4 Å². The molecule has 1 aromatic heterocycles. The van der Waals surface area contributed by atoms with Crippen LogP contribution in [0.1, 0.15) is 11.7 Å². The molecular weight excluding hydrogens is 219 g/mol. The molecule has 17 heavy (non-hydrogen) atoms. The number of halogens is 1. The third-order valence-electron chi connectivity index (χ3n) is 2.36. The zero-order valence-electron chi connectivity index (χ0n) is 9.18. The summed E-state index contributed by atoms with van der Waals surface area (Å²) in [5.41, 5.74) is 7.14. The van der Waals surface area contributed by atoms with E-state index in [1.165, 1.54) is 18.5 Å². The molecule has 0 saturated heterocycles. The summed E-state index contributed by atoms with van der Waals surface area (Å²) < 4.78 is 13.0. The highest BCUT2D eigenvalue weighted by Crippen LogP contribution is 2.17. The van der Waals surface area contributed by atoms with Crippen LogP contribution in [0.3, 0.4) is 0 Å². The Morgan fingerprint density at radius 2 is 2.24 bits per heavy atom. The van der Waals surface area contributed by atoms with Gasteiger partial charge in [0, 0.05) is 18.4 Å². The quantitative estimate of drug-likeness (QED) is 0.842. The summed E-state index contributed by atoms with van der Waals surface area (Å²) in [5.74, 6) is -0.284. The van der Waals surface area contributed by atoms with Crippen molar-refractivity contribution in [2.75, 3.05) is 11.9 Å². The zero-order chi connectivity index (χ0) is 12.1. The highest BCUT2D eigenvalue weighted by atomic mass is 19.1. The van der Waals surface area contributed by atoms with Crippen molar-refractivity contribution < 1.29 is 4.39 Å². The molecule has 1 unspecified atom stereocenters. The molecule has 1 atom stereocenters. The Kier molecular flexibility index (Phi) is 3.62. The molecule has 2 aromatic rings. The molecule has 0 aliphatic rings. The third kappa shape index (κ3) is 2.98. The van der Waals surface area contributed by atoms with E-state index in [1.54, 1.807) is 24.4 Å². The Balaban J connectivity index is 2.16. The van der Waals surface area contributed by atoms with Gasteiger partial charge in [0.25, 0.3) is 0 Å². The van der Waals surface area contributed by atoms with Crippen molar-refractivity contribution in [3.05, 3.63) is 54.4 Å². The third-order valence-corrected chi connectivity index (χ3v) is 2.36. The largest absolute Gasteiger partial charge is 0.375 e. The normalized spacial score (nSPS) is 12.1. The van der Waals surface area contributed by atoms with Crippen LogP contribution in [0.15, 0.2) is 42.9 Å². The van der Waals surface area contributed by atoms with Crippen LogP contribution in [0.25, 0.3) is 0 Å². The highest BCUT2D eigenvalue weighted by molar-refractivity contribution is 5.45. The fraction of sp³-hybridized carbons (Fsp3) is 0.167. The van der Waals surface area contributed by atoms with Crippen LogP contribution in [0, 0.1) is 5.82 Å². The molecule has 5 heteroatoms. The molecule has 0 saturated carbocycles. The Hall–Kier alpha value is -2.01. The number of nitrogens with two attached hydrogens (primary N) is 1. The van der Waals surface area contributed by atoms with Crippen LogP contribution in [-0.2, 0) is 0 Å². The van der Waals surface area contributed by atoms with Crippen molar-refractivity contribution in [2.24, 2.45) is 5.73 Å². The number of hydrogen-bond donors (Lipinski definition) is 2. The summed E-state index contributed by atoms with van der Waals surface area (Å²) in [6.07, 6.45) is 3.11. The maximum absolute atomic E-state index is 13.0. The fourth-order valence-electron chi connectivity index (χ4n) is 1.54. The summed E-state index contributed by atoms with van der Waals surface area (Å²) in [7, 11) is 0. The Morgan fingerprint density at radius 1 is 1.35 bits per heavy atom. The molecule has 0 aliphatic carbocycles. The van der Waals surface area contributed by atoms with Gasteiger partial charge in [-0.15, -0.1) is 0 Å². The van der Waals surface area contributed by atoms with Crippen molar-refractivity contribution >= 4 is 5.69 Å². The summed E-state index contributed by atoms with van der Waals surface area (Å²) in [6.45, 7) is 0.369. The number of benzene rings is 1. The van der Waals surface area contributed by atoms with Crippen molar-refractivity contribution in [1.82, 2.24) is 9.97 Å². The molecule has 0 spiro atoms. The monoisotopic (exact) mass is 232 g/mol. The lowest BCUT2D eigenvalue weighted by molar-refractivity contribution is 0.627. The van der Waals surface area contributed by atoms with Gasteiger partial charge in [0.15, 0.2) is 0 Å². The molecule has 3 N–H and O–H groups in total. The summed E-state index contributed by atoms with van der Waals surface area (Å²) in [4.78, 5) is 7.96. The number of hydrogen-bond acceptors (Lipinski definition) is 4. The predicted molar refractivity (Wildman–Crippen MR) is 63.9 cm³/mol. The van der Waals surface area contributed by atoms with Gasteiger partial charge in [0.1, 0.15) is 12.1 Å². The number of rotatable bonds is 4. The summed E-state index contributed by atoms with van der Waals surface area (Å²) >= 11 is 0. The van der Waals surface area contributed by atoms with Gasteiger partial charge in [-0.1, -0.05) is 6.07 Å². The Bertz CT molecular complexity index is 475. The fourth-order valence-corrected chi connectivity index (χ4v) is 1.54. The second kappa shape index (κ2) is 5.36. The molecule has 0 aliphatic heterocycles. The van der Waals surface area contributed by atoms with E-state index in [-0.39, 0.29) is 11.9 Å². The summed E-state index contributed by atoms with van der Waals surface area (Å²) in [6, 6.07) is 7.87. The first-order valence-electron chi connectivity index (χ1n) is 5.27. The van der Waals surface area contributed by atoms with E-state index in [4.69, 9.17) is 5.73 Å². The van der Waals surface area contributed by atoms with Crippen LogP contribution in [-0.4, -0.2) is 16.5 Å². The van der Waals surface area contributed by atoms with E-state index in [9.17, 15) is 4.39 Å². The van der Waals surface area contributed by atoms with Crippen LogP contribution < -0.4 is 11.1 Å². The van der Waals surface area contributed by atoms with Crippen LogP contribution >= 0.6 is 0 Å². The predicted octanol–water partition coefficient (Wildman–Crippen LogP) is 1.73. The van der Waals surface area contributed by atoms with E-state index in [2.05, 4.69) is 15.3 Å². The van der Waals surface area contributed by atoms with Crippen molar-refractivity contribution in [3.8, 4) is 0 Å². The standard InChI is InChI=1S/C12H13FN4/c13-9-2-1-3-10(6-9)17-12(7-14)11-4-5-15-8-16-11/h1-6,8,12,17H,7,14H2. The summed E-state index contributed by atoms with van der Waals surface area (Å²) in [5, 5.41) is 3.13. The minimum atomic E-state index is -0.284. The molecule has 1 heterocycles. The lowest BCUT2D eigenvalue weighted by atomic mass is 10.2. The second-order valence-electron chi connectivity index (χ2n) is 3.58. The molecule has 0 radical (unpaired) electrons. The van der Waals surface area contributed by atoms with E-state index >= 15 is 0 Å². The number of aromatic nitrogens is 2. The van der Waals surface area contributed by atoms with Crippen LogP contribution in [0.4, 0.5) is 10.1 Å². The zero-order valence-corrected chi connectivity index (χ0v) is 9.18. The average Bonchev–Trinajstić information content (AvgIpc) is 2.37. The minimum Gasteiger partial charge on any atom is -0.375 e. The van der Waals surface area contributed by atoms with Crippen molar-refractivity contribution in [2.45, 2.75) is 6.04 Å². The van der Waals surface area contributed by atoms with Gasteiger partial charge < -0.3 is 11.1 Å². The van der Waals surface area contributed by atoms with E-state index in [1.807, 2.05) is 0 Å². The highest BCUT2D eigenvalue weighted by Gasteiger charge is 2.10. The molecule has 4 nitrogen and oxygen atoms in total. The minimum absolute atomic E-state index is 0.153. The molecule has 0 amide bonds. The Labute approximate surface area is 98.7 Å². The molecule has 88 valence electrons. The first-order chi connectivity index (χ1) is 8.29. The molecule has 2 rings (SSSR count). The molecular formula is C12H13FN4. The van der Waals surface area contributed by atoms with Gasteiger partial charge in [0.2, 0.25) is 0 Å². The van der Waals surface area contributed by atoms with E-state index in [0.717, 1.165) is 5.69 Å². The average molecular weight is 232 g/mol. The molecule has 0 bridgehead atoms. The first kappa shape index (κ1) is 11.5. The van der Waals surface area contributed by atoms with Crippen molar-refractivity contribution in [1.29, 1.82) is 0 Å². The van der Waals surface area contributed by atoms with Gasteiger partial charge in [-0.05, 0) is 24.3 Å². The topological polar surface area (TPSA) is 63.8 Å². The van der Waals surface area contributed by atoms with E-state index in [0.29, 0.717) is 12.2 Å². The smallest absolute Gasteiger partial charge is 0.125 e. The number of nitrogens with zero attached hydrogens (tertiary/aromatic N) is 2. The maximum Gasteiger partial charge on any atom is 0.125 e. The molecule has 1 aromatic carbocycles. The second-order valence-corrected chi connectivity index (χ2v) is 3.58. The first-order valence-corrected chi connectivity index (χ1v) is 5.27. The van der Waals surface area contributed by atoms with Gasteiger partial charge in [0.05, 0.1) is 11.7 Å². The SMILES string of the molecule is NCC(Nc1cccc(F)c1)c1ccncn1. The molecule has 0 fully saturated rings. The van der Waals surface area contributed by atoms with Gasteiger partial charge >= 0.3 is 0 Å². The lowest BCUT2D eigenvalue weighted by Crippen LogP contribution is -2.21.